The second-order valence-electron chi connectivity index (χ2n) is 10.5. The van der Waals surface area contributed by atoms with Crippen LogP contribution in [0.15, 0.2) is 42.6 Å². The summed E-state index contributed by atoms with van der Waals surface area (Å²) < 4.78 is 20.6. The lowest BCUT2D eigenvalue weighted by atomic mass is 9.56. The molecule has 6 rings (SSSR count). The molecule has 3 heterocycles. The predicted molar refractivity (Wildman–Crippen MR) is 136 cm³/mol. The van der Waals surface area contributed by atoms with E-state index in [1.54, 1.807) is 18.3 Å². The standard InChI is InChI=1S/C29H31FN4O2/c1-18-22-8-7-21-26(20-5-3-4-6-23(20)30)32-28(33-27(21)29(22,2)11-9-24(18)35)19-10-12-31-25(17-19)34-13-15-36-16-14-34/h3-6,10,12,17-18,22H,7-9,11,13-16H2,1-2H3/t18-,22-,29-/m1/s1. The second-order valence-corrected chi connectivity index (χ2v) is 10.5. The summed E-state index contributed by atoms with van der Waals surface area (Å²) in [6.45, 7) is 7.23. The molecule has 0 amide bonds. The van der Waals surface area contributed by atoms with Crippen molar-refractivity contribution in [1.82, 2.24) is 15.0 Å². The largest absolute Gasteiger partial charge is 0.378 e. The van der Waals surface area contributed by atoms with Gasteiger partial charge in [0.2, 0.25) is 0 Å². The Balaban J connectivity index is 1.53. The van der Waals surface area contributed by atoms with Gasteiger partial charge in [0.05, 0.1) is 24.6 Å². The molecule has 3 aromatic rings. The molecular weight excluding hydrogens is 455 g/mol. The van der Waals surface area contributed by atoms with Gasteiger partial charge < -0.3 is 9.64 Å². The molecule has 0 radical (unpaired) electrons. The summed E-state index contributed by atoms with van der Waals surface area (Å²) in [6.07, 6.45) is 4.73. The topological polar surface area (TPSA) is 68.2 Å². The number of pyridine rings is 1. The van der Waals surface area contributed by atoms with Crippen LogP contribution in [0.2, 0.25) is 0 Å². The monoisotopic (exact) mass is 486 g/mol. The molecule has 0 spiro atoms. The van der Waals surface area contributed by atoms with E-state index in [4.69, 9.17) is 14.7 Å². The van der Waals surface area contributed by atoms with Crippen LogP contribution in [0.4, 0.5) is 10.2 Å². The van der Waals surface area contributed by atoms with E-state index in [2.05, 4.69) is 23.7 Å². The van der Waals surface area contributed by atoms with Crippen LogP contribution >= 0.6 is 0 Å². The third kappa shape index (κ3) is 3.81. The number of ether oxygens (including phenoxy) is 1. The lowest BCUT2D eigenvalue weighted by molar-refractivity contribution is -0.128. The summed E-state index contributed by atoms with van der Waals surface area (Å²) in [5.74, 6) is 1.73. The Kier molecular flexibility index (Phi) is 5.83. The minimum Gasteiger partial charge on any atom is -0.378 e. The van der Waals surface area contributed by atoms with Crippen molar-refractivity contribution in [3.63, 3.8) is 0 Å². The van der Waals surface area contributed by atoms with Crippen molar-refractivity contribution >= 4 is 11.6 Å². The molecule has 186 valence electrons. The molecule has 7 heteroatoms. The number of ketones is 1. The van der Waals surface area contributed by atoms with Gasteiger partial charge in [-0.15, -0.1) is 0 Å². The smallest absolute Gasteiger partial charge is 0.160 e. The van der Waals surface area contributed by atoms with Crippen LogP contribution in [-0.2, 0) is 21.4 Å². The third-order valence-corrected chi connectivity index (χ3v) is 8.54. The summed E-state index contributed by atoms with van der Waals surface area (Å²) in [4.78, 5) is 29.6. The molecular formula is C29H31FN4O2. The lowest BCUT2D eigenvalue weighted by Crippen LogP contribution is -2.47. The quantitative estimate of drug-likeness (QED) is 0.519. The van der Waals surface area contributed by atoms with E-state index in [9.17, 15) is 4.79 Å². The number of fused-ring (bicyclic) bond motifs is 3. The van der Waals surface area contributed by atoms with Gasteiger partial charge in [-0.3, -0.25) is 4.79 Å². The summed E-state index contributed by atoms with van der Waals surface area (Å²) in [7, 11) is 0. The van der Waals surface area contributed by atoms with E-state index in [0.29, 0.717) is 42.5 Å². The Bertz CT molecular complexity index is 1320. The molecule has 0 unspecified atom stereocenters. The molecule has 1 aromatic carbocycles. The van der Waals surface area contributed by atoms with Crippen LogP contribution in [0.3, 0.4) is 0 Å². The van der Waals surface area contributed by atoms with Crippen molar-refractivity contribution in [2.45, 2.75) is 44.9 Å². The van der Waals surface area contributed by atoms with Gasteiger partial charge in [-0.25, -0.2) is 19.3 Å². The van der Waals surface area contributed by atoms with Crippen molar-refractivity contribution in [2.24, 2.45) is 11.8 Å². The molecule has 6 nitrogen and oxygen atoms in total. The van der Waals surface area contributed by atoms with Gasteiger partial charge in [-0.05, 0) is 49.4 Å². The number of Topliss-reactive ketones (excluding diaryl/α,β-unsaturated/α-hetero) is 1. The number of carbonyl (C=O) groups is 1. The lowest BCUT2D eigenvalue weighted by Gasteiger charge is -2.48. The minimum atomic E-state index is -0.285. The fraction of sp³-hybridized carbons (Fsp3) is 0.448. The number of aromatic nitrogens is 3. The number of rotatable bonds is 3. The van der Waals surface area contributed by atoms with Gasteiger partial charge >= 0.3 is 0 Å². The van der Waals surface area contributed by atoms with Crippen LogP contribution in [0.5, 0.6) is 0 Å². The number of carbonyl (C=O) groups excluding carboxylic acids is 1. The molecule has 3 aliphatic rings. The second kappa shape index (κ2) is 9.04. The Hall–Kier alpha value is -3.19. The van der Waals surface area contributed by atoms with Gasteiger partial charge in [-0.1, -0.05) is 26.0 Å². The number of hydrogen-bond acceptors (Lipinski definition) is 6. The first kappa shape index (κ1) is 23.2. The van der Waals surface area contributed by atoms with Crippen molar-refractivity contribution < 1.29 is 13.9 Å². The molecule has 1 saturated carbocycles. The van der Waals surface area contributed by atoms with Crippen LogP contribution in [-0.4, -0.2) is 47.0 Å². The highest BCUT2D eigenvalue weighted by Crippen LogP contribution is 2.52. The van der Waals surface area contributed by atoms with E-state index in [-0.39, 0.29) is 23.1 Å². The Morgan fingerprint density at radius 1 is 1.11 bits per heavy atom. The Morgan fingerprint density at radius 2 is 1.92 bits per heavy atom. The average molecular weight is 487 g/mol. The Labute approximate surface area is 210 Å². The van der Waals surface area contributed by atoms with Gasteiger partial charge in [0.25, 0.3) is 0 Å². The van der Waals surface area contributed by atoms with Crippen LogP contribution in [0, 0.1) is 17.7 Å². The number of anilines is 1. The van der Waals surface area contributed by atoms with E-state index in [1.807, 2.05) is 18.2 Å². The van der Waals surface area contributed by atoms with Crippen molar-refractivity contribution in [2.75, 3.05) is 31.2 Å². The molecule has 1 aliphatic heterocycles. The highest BCUT2D eigenvalue weighted by atomic mass is 19.1. The van der Waals surface area contributed by atoms with Crippen LogP contribution in [0.1, 0.15) is 44.4 Å². The Morgan fingerprint density at radius 3 is 2.72 bits per heavy atom. The third-order valence-electron chi connectivity index (χ3n) is 8.54. The maximum Gasteiger partial charge on any atom is 0.160 e. The maximum atomic E-state index is 15.1. The zero-order chi connectivity index (χ0) is 24.9. The SMILES string of the molecule is C[C@H]1C(=O)CC[C@@]2(C)c3nc(-c4ccnc(N5CCOCC5)c4)nc(-c4ccccc4F)c3CC[C@H]12. The first-order valence-corrected chi connectivity index (χ1v) is 12.9. The van der Waals surface area contributed by atoms with Crippen LogP contribution < -0.4 is 4.90 Å². The van der Waals surface area contributed by atoms with Crippen molar-refractivity contribution in [1.29, 1.82) is 0 Å². The van der Waals surface area contributed by atoms with Gasteiger partial charge in [-0.2, -0.15) is 0 Å². The maximum absolute atomic E-state index is 15.1. The molecule has 2 fully saturated rings. The number of benzene rings is 1. The molecule has 3 atom stereocenters. The normalized spacial score (nSPS) is 25.9. The molecule has 1 saturated heterocycles. The van der Waals surface area contributed by atoms with Crippen molar-refractivity contribution in [3.05, 3.63) is 59.7 Å². The summed E-state index contributed by atoms with van der Waals surface area (Å²) in [6, 6.07) is 10.8. The zero-order valence-corrected chi connectivity index (χ0v) is 20.8. The fourth-order valence-electron chi connectivity index (χ4n) is 6.46. The summed E-state index contributed by atoms with van der Waals surface area (Å²) >= 11 is 0. The van der Waals surface area contributed by atoms with Crippen LogP contribution in [0.25, 0.3) is 22.6 Å². The molecule has 0 bridgehead atoms. The van der Waals surface area contributed by atoms with Crippen molar-refractivity contribution in [3.8, 4) is 22.6 Å². The van der Waals surface area contributed by atoms with E-state index in [0.717, 1.165) is 55.0 Å². The zero-order valence-electron chi connectivity index (χ0n) is 20.8. The van der Waals surface area contributed by atoms with Gasteiger partial charge in [0.1, 0.15) is 17.4 Å². The van der Waals surface area contributed by atoms with E-state index in [1.165, 1.54) is 6.07 Å². The molecule has 2 aliphatic carbocycles. The highest BCUT2D eigenvalue weighted by molar-refractivity contribution is 5.83. The number of halogens is 1. The molecule has 2 aromatic heterocycles. The number of nitrogens with zero attached hydrogens (tertiary/aromatic N) is 4. The number of morpholine rings is 1. The van der Waals surface area contributed by atoms with E-state index < -0.39 is 0 Å². The molecule has 36 heavy (non-hydrogen) atoms. The minimum absolute atomic E-state index is 0.000995. The first-order valence-electron chi connectivity index (χ1n) is 12.9. The summed E-state index contributed by atoms with van der Waals surface area (Å²) in [5, 5.41) is 0. The molecule has 0 N–H and O–H groups in total. The van der Waals surface area contributed by atoms with Gasteiger partial charge in [0, 0.05) is 53.7 Å². The fourth-order valence-corrected chi connectivity index (χ4v) is 6.46. The van der Waals surface area contributed by atoms with E-state index >= 15 is 4.39 Å². The average Bonchev–Trinajstić information content (AvgIpc) is 2.91. The first-order chi connectivity index (χ1) is 17.5. The van der Waals surface area contributed by atoms with Gasteiger partial charge in [0.15, 0.2) is 5.82 Å². The highest BCUT2D eigenvalue weighted by Gasteiger charge is 2.49. The number of hydrogen-bond donors (Lipinski definition) is 0. The predicted octanol–water partition coefficient (Wildman–Crippen LogP) is 5.00. The summed E-state index contributed by atoms with van der Waals surface area (Å²) in [5.41, 5.74) is 3.78.